The minimum Gasteiger partial charge on any atom is -0.477 e. The van der Waals surface area contributed by atoms with Crippen LogP contribution in [-0.4, -0.2) is 64.0 Å². The van der Waals surface area contributed by atoms with E-state index in [9.17, 15) is 9.90 Å². The van der Waals surface area contributed by atoms with Crippen molar-refractivity contribution >= 4 is 22.7 Å². The zero-order valence-corrected chi connectivity index (χ0v) is 18.2. The number of aromatic carboxylic acids is 1. The molecule has 3 heterocycles. The summed E-state index contributed by atoms with van der Waals surface area (Å²) in [5.41, 5.74) is 3.68. The molecule has 7 nitrogen and oxygen atoms in total. The van der Waals surface area contributed by atoms with E-state index in [1.54, 1.807) is 6.07 Å². The molecule has 5 rings (SSSR count). The molecule has 2 fully saturated rings. The number of rotatable bonds is 5. The van der Waals surface area contributed by atoms with E-state index in [1.165, 1.54) is 6.42 Å². The molecule has 0 unspecified atom stereocenters. The Morgan fingerprint density at radius 3 is 2.39 bits per heavy atom. The second kappa shape index (κ2) is 7.96. The molecule has 1 saturated heterocycles. The monoisotopic (exact) mass is 419 g/mol. The van der Waals surface area contributed by atoms with Crippen molar-refractivity contribution in [3.8, 4) is 5.69 Å². The summed E-state index contributed by atoms with van der Waals surface area (Å²) in [7, 11) is 4.26. The average Bonchev–Trinajstić information content (AvgIpc) is 3.11. The number of carboxylic acid groups (broad SMARTS) is 1. The Balaban J connectivity index is 1.69. The molecule has 0 radical (unpaired) electrons. The van der Waals surface area contributed by atoms with E-state index in [1.807, 2.05) is 35.0 Å². The molecular formula is C24H29N5O2. The number of pyridine rings is 1. The zero-order valence-electron chi connectivity index (χ0n) is 18.2. The first-order valence-electron chi connectivity index (χ1n) is 11.2. The maximum Gasteiger partial charge on any atom is 0.354 e. The number of para-hydroxylation sites is 1. The third-order valence-corrected chi connectivity index (χ3v) is 6.89. The van der Waals surface area contributed by atoms with Gasteiger partial charge in [0.2, 0.25) is 0 Å². The molecular weight excluding hydrogens is 390 g/mol. The van der Waals surface area contributed by atoms with E-state index in [0.717, 1.165) is 61.2 Å². The van der Waals surface area contributed by atoms with Crippen LogP contribution in [0, 0.1) is 0 Å². The quantitative estimate of drug-likeness (QED) is 0.676. The number of piperidine rings is 1. The van der Waals surface area contributed by atoms with Crippen LogP contribution in [0.25, 0.3) is 16.7 Å². The van der Waals surface area contributed by atoms with Crippen LogP contribution in [0.2, 0.25) is 0 Å². The Kier molecular flexibility index (Phi) is 5.14. The molecule has 0 spiro atoms. The fourth-order valence-corrected chi connectivity index (χ4v) is 4.82. The highest BCUT2D eigenvalue weighted by molar-refractivity contribution is 5.98. The highest BCUT2D eigenvalue weighted by atomic mass is 16.4. The number of fused-ring (bicyclic) bond motifs is 1. The Labute approximate surface area is 182 Å². The Morgan fingerprint density at radius 2 is 1.81 bits per heavy atom. The fraction of sp³-hybridized carbons (Fsp3) is 0.458. The SMILES string of the molecule is CN(C)C1CCN(c2cc(C(=O)O)nc3c2c(C2CCC2)nn3-c2ccccc2)CC1. The lowest BCUT2D eigenvalue weighted by Crippen LogP contribution is -2.42. The van der Waals surface area contributed by atoms with Crippen molar-refractivity contribution in [1.29, 1.82) is 0 Å². The number of hydrogen-bond donors (Lipinski definition) is 1. The lowest BCUT2D eigenvalue weighted by atomic mass is 9.82. The highest BCUT2D eigenvalue weighted by Crippen LogP contribution is 2.43. The number of carbonyl (C=O) groups is 1. The summed E-state index contributed by atoms with van der Waals surface area (Å²) >= 11 is 0. The van der Waals surface area contributed by atoms with Gasteiger partial charge in [-0.2, -0.15) is 5.10 Å². The maximum absolute atomic E-state index is 12.0. The zero-order chi connectivity index (χ0) is 21.5. The van der Waals surface area contributed by atoms with Crippen LogP contribution in [0.15, 0.2) is 36.4 Å². The van der Waals surface area contributed by atoms with E-state index < -0.39 is 5.97 Å². The summed E-state index contributed by atoms with van der Waals surface area (Å²) < 4.78 is 1.84. The van der Waals surface area contributed by atoms with E-state index in [4.69, 9.17) is 5.10 Å². The number of nitrogens with zero attached hydrogens (tertiary/aromatic N) is 5. The first-order chi connectivity index (χ1) is 15.0. The van der Waals surface area contributed by atoms with Crippen LogP contribution in [-0.2, 0) is 0 Å². The van der Waals surface area contributed by atoms with E-state index in [0.29, 0.717) is 17.6 Å². The largest absolute Gasteiger partial charge is 0.477 e. The number of anilines is 1. The second-order valence-electron chi connectivity index (χ2n) is 8.97. The molecule has 1 saturated carbocycles. The summed E-state index contributed by atoms with van der Waals surface area (Å²) in [5.74, 6) is -0.583. The van der Waals surface area contributed by atoms with Crippen molar-refractivity contribution in [3.05, 3.63) is 47.8 Å². The summed E-state index contributed by atoms with van der Waals surface area (Å²) in [6.45, 7) is 1.81. The van der Waals surface area contributed by atoms with Gasteiger partial charge in [0.05, 0.1) is 22.5 Å². The van der Waals surface area contributed by atoms with Crippen molar-refractivity contribution < 1.29 is 9.90 Å². The normalized spacial score (nSPS) is 18.0. The highest BCUT2D eigenvalue weighted by Gasteiger charge is 2.31. The van der Waals surface area contributed by atoms with Crippen molar-refractivity contribution in [1.82, 2.24) is 19.7 Å². The van der Waals surface area contributed by atoms with E-state index >= 15 is 0 Å². The number of benzene rings is 1. The van der Waals surface area contributed by atoms with Crippen LogP contribution in [0.4, 0.5) is 5.69 Å². The predicted octanol–water partition coefficient (Wildman–Crippen LogP) is 3.92. The summed E-state index contributed by atoms with van der Waals surface area (Å²) in [4.78, 5) is 21.2. The first-order valence-corrected chi connectivity index (χ1v) is 11.2. The molecule has 0 amide bonds. The molecule has 31 heavy (non-hydrogen) atoms. The molecule has 162 valence electrons. The van der Waals surface area contributed by atoms with Gasteiger partial charge in [-0.25, -0.2) is 14.5 Å². The topological polar surface area (TPSA) is 74.5 Å². The molecule has 0 atom stereocenters. The van der Waals surface area contributed by atoms with Crippen molar-refractivity contribution in [3.63, 3.8) is 0 Å². The Bertz CT molecular complexity index is 1100. The van der Waals surface area contributed by atoms with Gasteiger partial charge in [0.1, 0.15) is 0 Å². The number of hydrogen-bond acceptors (Lipinski definition) is 5. The van der Waals surface area contributed by atoms with Gasteiger partial charge in [-0.3, -0.25) is 0 Å². The molecule has 0 bridgehead atoms. The van der Waals surface area contributed by atoms with Gasteiger partial charge in [-0.05, 0) is 58.0 Å². The minimum absolute atomic E-state index is 0.0782. The molecule has 1 N–H and O–H groups in total. The van der Waals surface area contributed by atoms with Crippen LogP contribution < -0.4 is 4.90 Å². The van der Waals surface area contributed by atoms with Gasteiger partial charge in [-0.1, -0.05) is 24.6 Å². The number of carboxylic acids is 1. The standard InChI is InChI=1S/C24H29N5O2/c1-27(2)17-11-13-28(14-12-17)20-15-19(24(30)31)25-23-21(20)22(16-7-6-8-16)26-29(23)18-9-4-3-5-10-18/h3-5,9-10,15-17H,6-8,11-14H2,1-2H3,(H,30,31). The van der Waals surface area contributed by atoms with Gasteiger partial charge in [0.15, 0.2) is 11.3 Å². The van der Waals surface area contributed by atoms with Gasteiger partial charge >= 0.3 is 5.97 Å². The predicted molar refractivity (Wildman–Crippen MR) is 121 cm³/mol. The molecule has 1 aliphatic carbocycles. The van der Waals surface area contributed by atoms with Crippen LogP contribution in [0.3, 0.4) is 0 Å². The Hall–Kier alpha value is -2.93. The second-order valence-corrected chi connectivity index (χ2v) is 8.97. The van der Waals surface area contributed by atoms with Crippen molar-refractivity contribution in [2.45, 2.75) is 44.1 Å². The molecule has 1 aliphatic heterocycles. The van der Waals surface area contributed by atoms with E-state index in [-0.39, 0.29) is 5.69 Å². The Morgan fingerprint density at radius 1 is 1.10 bits per heavy atom. The summed E-state index contributed by atoms with van der Waals surface area (Å²) in [5, 5.41) is 15.8. The average molecular weight is 420 g/mol. The van der Waals surface area contributed by atoms with Crippen molar-refractivity contribution in [2.24, 2.45) is 0 Å². The van der Waals surface area contributed by atoms with Crippen LogP contribution in [0.5, 0.6) is 0 Å². The third kappa shape index (κ3) is 3.57. The van der Waals surface area contributed by atoms with Crippen LogP contribution >= 0.6 is 0 Å². The van der Waals surface area contributed by atoms with E-state index in [2.05, 4.69) is 28.9 Å². The fourth-order valence-electron chi connectivity index (χ4n) is 4.82. The molecule has 2 aliphatic rings. The first kappa shape index (κ1) is 20.0. The van der Waals surface area contributed by atoms with Gasteiger partial charge in [0, 0.05) is 25.0 Å². The van der Waals surface area contributed by atoms with Crippen LogP contribution in [0.1, 0.15) is 54.2 Å². The smallest absolute Gasteiger partial charge is 0.354 e. The minimum atomic E-state index is -1.00. The lowest BCUT2D eigenvalue weighted by molar-refractivity contribution is 0.0691. The lowest BCUT2D eigenvalue weighted by Gasteiger charge is -2.37. The molecule has 2 aromatic heterocycles. The maximum atomic E-state index is 12.0. The van der Waals surface area contributed by atoms with Gasteiger partial charge < -0.3 is 14.9 Å². The summed E-state index contributed by atoms with van der Waals surface area (Å²) in [6, 6.07) is 12.2. The van der Waals surface area contributed by atoms with Gasteiger partial charge in [-0.15, -0.1) is 0 Å². The van der Waals surface area contributed by atoms with Crippen molar-refractivity contribution in [2.75, 3.05) is 32.1 Å². The number of aromatic nitrogens is 3. The summed E-state index contributed by atoms with van der Waals surface area (Å²) in [6.07, 6.45) is 5.59. The molecule has 1 aromatic carbocycles. The molecule has 3 aromatic rings. The van der Waals surface area contributed by atoms with Gasteiger partial charge in [0.25, 0.3) is 0 Å². The molecule has 7 heteroatoms. The third-order valence-electron chi connectivity index (χ3n) is 6.89.